The zero-order valence-electron chi connectivity index (χ0n) is 8.80. The van der Waals surface area contributed by atoms with E-state index in [2.05, 4.69) is 4.90 Å². The molecule has 0 N–H and O–H groups in total. The highest BCUT2D eigenvalue weighted by Crippen LogP contribution is 2.24. The maximum absolute atomic E-state index is 2.65. The van der Waals surface area contributed by atoms with Crippen LogP contribution in [0.5, 0.6) is 0 Å². The van der Waals surface area contributed by atoms with Gasteiger partial charge in [-0.1, -0.05) is 32.1 Å². The minimum Gasteiger partial charge on any atom is -0.303 e. The molecule has 1 aliphatic heterocycles. The maximum Gasteiger partial charge on any atom is 0.000967 e. The van der Waals surface area contributed by atoms with Gasteiger partial charge in [0.05, 0.1) is 0 Å². The zero-order valence-corrected chi connectivity index (χ0v) is 8.80. The van der Waals surface area contributed by atoms with Crippen molar-refractivity contribution < 1.29 is 0 Å². The lowest BCUT2D eigenvalue weighted by atomic mass is 9.90. The molecule has 0 aromatic heterocycles. The van der Waals surface area contributed by atoms with Gasteiger partial charge in [-0.2, -0.15) is 0 Å². The van der Waals surface area contributed by atoms with Crippen molar-refractivity contribution in [2.45, 2.75) is 51.4 Å². The Hall–Kier alpha value is -0.0400. The quantitative estimate of drug-likeness (QED) is 0.633. The molecule has 76 valence electrons. The number of rotatable bonds is 2. The van der Waals surface area contributed by atoms with Crippen LogP contribution in [0.15, 0.2) is 0 Å². The van der Waals surface area contributed by atoms with E-state index in [1.807, 2.05) is 0 Å². The van der Waals surface area contributed by atoms with E-state index in [4.69, 9.17) is 0 Å². The van der Waals surface area contributed by atoms with Gasteiger partial charge < -0.3 is 4.90 Å². The highest BCUT2D eigenvalue weighted by molar-refractivity contribution is 4.74. The third-order valence-corrected chi connectivity index (χ3v) is 3.69. The summed E-state index contributed by atoms with van der Waals surface area (Å²) in [6, 6.07) is 0. The zero-order chi connectivity index (χ0) is 8.93. The molecule has 1 aliphatic carbocycles. The third kappa shape index (κ3) is 2.98. The first-order valence-electron chi connectivity index (χ1n) is 6.17. The predicted octanol–water partition coefficient (Wildman–Crippen LogP) is 3.05. The first-order valence-corrected chi connectivity index (χ1v) is 6.17. The Morgan fingerprint density at radius 1 is 0.769 bits per heavy atom. The molecule has 1 saturated heterocycles. The molecule has 0 aromatic carbocycles. The second-order valence-electron chi connectivity index (χ2n) is 4.87. The molecular weight excluding hydrogens is 158 g/mol. The molecule has 2 aliphatic rings. The average Bonchev–Trinajstić information content (AvgIpc) is 1.99. The summed E-state index contributed by atoms with van der Waals surface area (Å²) in [5.41, 5.74) is 0. The van der Waals surface area contributed by atoms with Crippen molar-refractivity contribution in [3.8, 4) is 0 Å². The van der Waals surface area contributed by atoms with Crippen molar-refractivity contribution in [1.29, 1.82) is 0 Å². The molecule has 1 heteroatoms. The van der Waals surface area contributed by atoms with Crippen LogP contribution in [0.2, 0.25) is 0 Å². The summed E-state index contributed by atoms with van der Waals surface area (Å²) in [6.45, 7) is 4.19. The van der Waals surface area contributed by atoms with E-state index >= 15 is 0 Å². The molecular formula is C12H23N. The molecule has 1 saturated carbocycles. The van der Waals surface area contributed by atoms with E-state index in [0.29, 0.717) is 0 Å². The van der Waals surface area contributed by atoms with Crippen LogP contribution in [0.25, 0.3) is 0 Å². The lowest BCUT2D eigenvalue weighted by molar-refractivity contribution is 0.140. The Morgan fingerprint density at radius 3 is 1.92 bits per heavy atom. The van der Waals surface area contributed by atoms with Crippen molar-refractivity contribution >= 4 is 0 Å². The lowest BCUT2D eigenvalue weighted by Gasteiger charge is -2.34. The number of hydrogen-bond acceptors (Lipinski definition) is 1. The second-order valence-corrected chi connectivity index (χ2v) is 4.87. The van der Waals surface area contributed by atoms with Crippen LogP contribution in [-0.4, -0.2) is 24.5 Å². The first kappa shape index (κ1) is 9.51. The van der Waals surface area contributed by atoms with E-state index < -0.39 is 0 Å². The number of likely N-dealkylation sites (tertiary alicyclic amines) is 1. The van der Waals surface area contributed by atoms with Crippen LogP contribution in [0.4, 0.5) is 0 Å². The molecule has 2 fully saturated rings. The summed E-state index contributed by atoms with van der Waals surface area (Å²) in [6.07, 6.45) is 12.0. The minimum atomic E-state index is 1.04. The van der Waals surface area contributed by atoms with Crippen LogP contribution in [0, 0.1) is 5.92 Å². The summed E-state index contributed by atoms with van der Waals surface area (Å²) in [7, 11) is 0. The first-order chi connectivity index (χ1) is 6.45. The standard InChI is InChI=1S/C12H23N/c1-2-4-7-12(8-5-3-1)11-13-9-6-10-13/h12H,1-11H2. The van der Waals surface area contributed by atoms with Crippen molar-refractivity contribution in [2.75, 3.05) is 19.6 Å². The fraction of sp³-hybridized carbons (Fsp3) is 1.00. The van der Waals surface area contributed by atoms with E-state index in [1.165, 1.54) is 71.0 Å². The van der Waals surface area contributed by atoms with Crippen LogP contribution < -0.4 is 0 Å². The number of nitrogens with zero attached hydrogens (tertiary/aromatic N) is 1. The van der Waals surface area contributed by atoms with Crippen LogP contribution in [-0.2, 0) is 0 Å². The highest BCUT2D eigenvalue weighted by Gasteiger charge is 2.19. The van der Waals surface area contributed by atoms with E-state index in [1.54, 1.807) is 0 Å². The minimum absolute atomic E-state index is 1.04. The molecule has 1 heterocycles. The van der Waals surface area contributed by atoms with Crippen LogP contribution in [0.3, 0.4) is 0 Å². The molecule has 0 spiro atoms. The lowest BCUT2D eigenvalue weighted by Crippen LogP contribution is -2.40. The van der Waals surface area contributed by atoms with Crippen molar-refractivity contribution in [1.82, 2.24) is 4.90 Å². The molecule has 1 nitrogen and oxygen atoms in total. The van der Waals surface area contributed by atoms with Gasteiger partial charge in [-0.15, -0.1) is 0 Å². The Kier molecular flexibility index (Phi) is 3.65. The Bertz CT molecular complexity index is 132. The summed E-state index contributed by atoms with van der Waals surface area (Å²) < 4.78 is 0. The number of hydrogen-bond donors (Lipinski definition) is 0. The van der Waals surface area contributed by atoms with E-state index in [9.17, 15) is 0 Å². The average molecular weight is 181 g/mol. The molecule has 0 atom stereocenters. The van der Waals surface area contributed by atoms with Gasteiger partial charge in [0.15, 0.2) is 0 Å². The molecule has 13 heavy (non-hydrogen) atoms. The van der Waals surface area contributed by atoms with Gasteiger partial charge >= 0.3 is 0 Å². The SMILES string of the molecule is C1CCCC(CN2CCC2)CCC1. The summed E-state index contributed by atoms with van der Waals surface area (Å²) in [5, 5.41) is 0. The van der Waals surface area contributed by atoms with Gasteiger partial charge in [-0.05, 0) is 38.3 Å². The van der Waals surface area contributed by atoms with Gasteiger partial charge in [0.1, 0.15) is 0 Å². The topological polar surface area (TPSA) is 3.24 Å². The Morgan fingerprint density at radius 2 is 1.38 bits per heavy atom. The summed E-state index contributed by atoms with van der Waals surface area (Å²) in [5.74, 6) is 1.04. The van der Waals surface area contributed by atoms with Crippen LogP contribution >= 0.6 is 0 Å². The highest BCUT2D eigenvalue weighted by atomic mass is 15.2. The third-order valence-electron chi connectivity index (χ3n) is 3.69. The summed E-state index contributed by atoms with van der Waals surface area (Å²) in [4.78, 5) is 2.65. The maximum atomic E-state index is 2.65. The summed E-state index contributed by atoms with van der Waals surface area (Å²) >= 11 is 0. The molecule has 0 unspecified atom stereocenters. The van der Waals surface area contributed by atoms with Crippen LogP contribution in [0.1, 0.15) is 51.4 Å². The van der Waals surface area contributed by atoms with Gasteiger partial charge in [0.2, 0.25) is 0 Å². The Labute approximate surface area is 82.5 Å². The van der Waals surface area contributed by atoms with Gasteiger partial charge in [0.25, 0.3) is 0 Å². The normalized spacial score (nSPS) is 27.7. The van der Waals surface area contributed by atoms with Gasteiger partial charge in [0, 0.05) is 6.54 Å². The van der Waals surface area contributed by atoms with Gasteiger partial charge in [-0.25, -0.2) is 0 Å². The van der Waals surface area contributed by atoms with E-state index in [0.717, 1.165) is 5.92 Å². The molecule has 0 radical (unpaired) electrons. The fourth-order valence-corrected chi connectivity index (χ4v) is 2.65. The Balaban J connectivity index is 1.68. The molecule has 0 amide bonds. The fourth-order valence-electron chi connectivity index (χ4n) is 2.65. The van der Waals surface area contributed by atoms with Crippen molar-refractivity contribution in [2.24, 2.45) is 5.92 Å². The largest absolute Gasteiger partial charge is 0.303 e. The molecule has 2 rings (SSSR count). The van der Waals surface area contributed by atoms with E-state index in [-0.39, 0.29) is 0 Å². The monoisotopic (exact) mass is 181 g/mol. The smallest absolute Gasteiger partial charge is 0.000967 e. The predicted molar refractivity (Wildman–Crippen MR) is 56.9 cm³/mol. The van der Waals surface area contributed by atoms with Gasteiger partial charge in [-0.3, -0.25) is 0 Å². The molecule has 0 bridgehead atoms. The molecule has 0 aromatic rings. The van der Waals surface area contributed by atoms with Crippen molar-refractivity contribution in [3.63, 3.8) is 0 Å². The second kappa shape index (κ2) is 4.99. The van der Waals surface area contributed by atoms with Crippen molar-refractivity contribution in [3.05, 3.63) is 0 Å².